The minimum atomic E-state index is -1.22. The van der Waals surface area contributed by atoms with Crippen molar-refractivity contribution in [2.75, 3.05) is 26.9 Å². The van der Waals surface area contributed by atoms with E-state index in [1.807, 2.05) is 57.2 Å². The van der Waals surface area contributed by atoms with E-state index in [-0.39, 0.29) is 17.4 Å². The van der Waals surface area contributed by atoms with E-state index in [4.69, 9.17) is 14.2 Å². The predicted molar refractivity (Wildman–Crippen MR) is 138 cm³/mol. The second kappa shape index (κ2) is 12.2. The van der Waals surface area contributed by atoms with E-state index in [1.54, 1.807) is 7.11 Å². The first kappa shape index (κ1) is 26.0. The van der Waals surface area contributed by atoms with E-state index in [0.29, 0.717) is 26.2 Å². The van der Waals surface area contributed by atoms with E-state index >= 15 is 0 Å². The summed E-state index contributed by atoms with van der Waals surface area (Å²) in [5.41, 5.74) is 4.28. The number of rotatable bonds is 9. The molecule has 0 bridgehead atoms. The van der Waals surface area contributed by atoms with Crippen LogP contribution in [0.3, 0.4) is 0 Å². The average Bonchev–Trinajstić information content (AvgIpc) is 2.81. The van der Waals surface area contributed by atoms with Gasteiger partial charge in [0, 0.05) is 38.5 Å². The third-order valence-corrected chi connectivity index (χ3v) is 5.51. The van der Waals surface area contributed by atoms with E-state index in [9.17, 15) is 15.0 Å². The number of methoxy groups -OCH3 is 1. The number of aliphatic imine (C=N–C) groups is 1. The number of carbonyl (C=O) groups is 1. The minimum Gasteiger partial charge on any atom is -0.507 e. The summed E-state index contributed by atoms with van der Waals surface area (Å²) in [6.07, 6.45) is 4.12. The molecule has 3 rings (SSSR count). The molecular formula is C28H33NO6. The van der Waals surface area contributed by atoms with Gasteiger partial charge in [-0.3, -0.25) is 4.99 Å². The maximum atomic E-state index is 11.5. The maximum absolute atomic E-state index is 11.5. The summed E-state index contributed by atoms with van der Waals surface area (Å²) in [5.74, 6) is -0.0174. The fourth-order valence-corrected chi connectivity index (χ4v) is 3.84. The fraction of sp³-hybridized carbons (Fsp3) is 0.357. The number of aliphatic hydroxyl groups excluding tert-OH is 1. The highest BCUT2D eigenvalue weighted by molar-refractivity contribution is 6.09. The first-order valence-corrected chi connectivity index (χ1v) is 11.7. The van der Waals surface area contributed by atoms with Crippen LogP contribution in [0.1, 0.15) is 38.3 Å². The smallest absolute Gasteiger partial charge is 0.341 e. The van der Waals surface area contributed by atoms with Crippen LogP contribution in [0.4, 0.5) is 0 Å². The molecule has 35 heavy (non-hydrogen) atoms. The highest BCUT2D eigenvalue weighted by atomic mass is 16.5. The molecule has 0 aromatic heterocycles. The summed E-state index contributed by atoms with van der Waals surface area (Å²) in [4.78, 5) is 15.7. The fourth-order valence-electron chi connectivity index (χ4n) is 3.84. The van der Waals surface area contributed by atoms with Crippen molar-refractivity contribution in [3.63, 3.8) is 0 Å². The Kier molecular flexibility index (Phi) is 9.09. The topological polar surface area (TPSA) is 97.6 Å². The molecule has 2 aromatic carbocycles. The molecule has 0 aliphatic carbocycles. The molecule has 0 unspecified atom stereocenters. The Morgan fingerprint density at radius 3 is 2.51 bits per heavy atom. The van der Waals surface area contributed by atoms with Gasteiger partial charge in [-0.25, -0.2) is 4.79 Å². The molecule has 0 spiro atoms. The van der Waals surface area contributed by atoms with Crippen LogP contribution < -0.4 is 9.47 Å². The van der Waals surface area contributed by atoms with Crippen LogP contribution in [0.15, 0.2) is 58.8 Å². The monoisotopic (exact) mass is 479 g/mol. The number of fused-ring (bicyclic) bond motifs is 1. The molecule has 7 nitrogen and oxygen atoms in total. The van der Waals surface area contributed by atoms with Gasteiger partial charge in [0.05, 0.1) is 12.7 Å². The van der Waals surface area contributed by atoms with Gasteiger partial charge in [-0.15, -0.1) is 0 Å². The zero-order chi connectivity index (χ0) is 25.4. The summed E-state index contributed by atoms with van der Waals surface area (Å²) in [7, 11) is 1.67. The number of carboxylic acids is 1. The highest BCUT2D eigenvalue weighted by Gasteiger charge is 2.17. The number of aliphatic carboxylic acids is 1. The molecule has 0 amide bonds. The van der Waals surface area contributed by atoms with Crippen LogP contribution in [-0.4, -0.2) is 55.4 Å². The van der Waals surface area contributed by atoms with Gasteiger partial charge >= 0.3 is 5.97 Å². The molecule has 1 aliphatic rings. The lowest BCUT2D eigenvalue weighted by atomic mass is 9.92. The van der Waals surface area contributed by atoms with Crippen molar-refractivity contribution >= 4 is 17.8 Å². The lowest BCUT2D eigenvalue weighted by Gasteiger charge is -2.19. The van der Waals surface area contributed by atoms with Gasteiger partial charge in [0.15, 0.2) is 0 Å². The van der Waals surface area contributed by atoms with E-state index in [0.717, 1.165) is 45.7 Å². The second-order valence-electron chi connectivity index (χ2n) is 8.61. The van der Waals surface area contributed by atoms with Crippen molar-refractivity contribution in [3.8, 4) is 22.6 Å². The molecule has 186 valence electrons. The molecule has 1 heterocycles. The Morgan fingerprint density at radius 1 is 1.11 bits per heavy atom. The largest absolute Gasteiger partial charge is 0.507 e. The lowest BCUT2D eigenvalue weighted by molar-refractivity contribution is -0.132. The Bertz CT molecular complexity index is 1130. The third-order valence-electron chi connectivity index (χ3n) is 5.51. The van der Waals surface area contributed by atoms with Crippen molar-refractivity contribution in [3.05, 3.63) is 64.9 Å². The van der Waals surface area contributed by atoms with Crippen LogP contribution >= 0.6 is 0 Å². The van der Waals surface area contributed by atoms with Gasteiger partial charge in [-0.05, 0) is 79.8 Å². The van der Waals surface area contributed by atoms with Crippen molar-refractivity contribution in [1.82, 2.24) is 0 Å². The van der Waals surface area contributed by atoms with Gasteiger partial charge in [0.25, 0.3) is 0 Å². The van der Waals surface area contributed by atoms with Crippen LogP contribution in [0.25, 0.3) is 16.7 Å². The van der Waals surface area contributed by atoms with Crippen LogP contribution in [0.5, 0.6) is 11.5 Å². The number of ether oxygens (including phenoxy) is 3. The molecule has 2 N–H and O–H groups in total. The molecule has 0 radical (unpaired) electrons. The van der Waals surface area contributed by atoms with Gasteiger partial charge in [-0.2, -0.15) is 0 Å². The first-order chi connectivity index (χ1) is 16.8. The predicted octanol–water partition coefficient (Wildman–Crippen LogP) is 5.48. The van der Waals surface area contributed by atoms with Crippen molar-refractivity contribution < 1.29 is 29.2 Å². The Morgan fingerprint density at radius 2 is 1.86 bits per heavy atom. The minimum absolute atomic E-state index is 0.0804. The summed E-state index contributed by atoms with van der Waals surface area (Å²) >= 11 is 0. The van der Waals surface area contributed by atoms with Crippen molar-refractivity contribution in [1.29, 1.82) is 0 Å². The maximum Gasteiger partial charge on any atom is 0.341 e. The Labute approximate surface area is 206 Å². The van der Waals surface area contributed by atoms with Gasteiger partial charge in [0.2, 0.25) is 0 Å². The second-order valence-corrected chi connectivity index (χ2v) is 8.61. The normalized spacial score (nSPS) is 15.4. The summed E-state index contributed by atoms with van der Waals surface area (Å²) in [5, 5.41) is 19.9. The number of hydrogen-bond acceptors (Lipinski definition) is 6. The summed E-state index contributed by atoms with van der Waals surface area (Å²) in [6, 6.07) is 11.9. The van der Waals surface area contributed by atoms with Gasteiger partial charge < -0.3 is 24.4 Å². The summed E-state index contributed by atoms with van der Waals surface area (Å²) < 4.78 is 17.1. The molecule has 0 saturated carbocycles. The first-order valence-electron chi connectivity index (χ1n) is 11.7. The van der Waals surface area contributed by atoms with E-state index < -0.39 is 5.97 Å². The van der Waals surface area contributed by atoms with Gasteiger partial charge in [0.1, 0.15) is 22.8 Å². The van der Waals surface area contributed by atoms with Crippen LogP contribution in [0.2, 0.25) is 0 Å². The number of hydrogen-bond donors (Lipinski definition) is 2. The highest BCUT2D eigenvalue weighted by Crippen LogP contribution is 2.37. The summed E-state index contributed by atoms with van der Waals surface area (Å²) in [6.45, 7) is 7.32. The molecule has 0 saturated heterocycles. The quantitative estimate of drug-likeness (QED) is 0.462. The average molecular weight is 480 g/mol. The van der Waals surface area contributed by atoms with Crippen LogP contribution in [0, 0.1) is 0 Å². The van der Waals surface area contributed by atoms with Crippen molar-refractivity contribution in [2.24, 2.45) is 4.99 Å². The number of aliphatic hydroxyl groups is 1. The zero-order valence-electron chi connectivity index (χ0n) is 20.7. The molecular weight excluding hydrogens is 446 g/mol. The number of nitrogens with zero attached hydrogens (tertiary/aromatic N) is 1. The molecule has 1 aliphatic heterocycles. The molecule has 0 atom stereocenters. The zero-order valence-corrected chi connectivity index (χ0v) is 20.7. The molecule has 7 heteroatoms. The number of allylic oxidation sites excluding steroid dienone is 2. The van der Waals surface area contributed by atoms with Crippen molar-refractivity contribution in [2.45, 2.75) is 39.7 Å². The van der Waals surface area contributed by atoms with E-state index in [1.165, 1.54) is 12.3 Å². The standard InChI is InChI=1S/C28H33NO6/c1-18(2)35-22-8-6-20(7-9-22)24-16-23-19(3)14-26(30)25(28(31)32)17-29-11-10-21(23)15-27(24)34-13-5-12-33-4/h6-9,14-18,30H,5,10-13H2,1-4H3,(H,31,32)/b19-14+,26-25?,29-17?. The van der Waals surface area contributed by atoms with Crippen LogP contribution in [-0.2, 0) is 16.0 Å². The third kappa shape index (κ3) is 6.96. The van der Waals surface area contributed by atoms with E-state index in [2.05, 4.69) is 4.99 Å². The lowest BCUT2D eigenvalue weighted by Crippen LogP contribution is -2.08. The Balaban J connectivity index is 2.10. The molecule has 2 aromatic rings. The Hall–Kier alpha value is -3.58. The number of benzene rings is 2. The van der Waals surface area contributed by atoms with Gasteiger partial charge in [-0.1, -0.05) is 12.1 Å². The molecule has 0 fully saturated rings. The number of carboxylic acid groups (broad SMARTS) is 1. The SMILES string of the molecule is COCCCOc1cc2c(cc1-c1ccc(OC(C)C)cc1)/C(C)=C/C(O)=C(C(=O)O)C=NCC2.